The van der Waals surface area contributed by atoms with Gasteiger partial charge in [-0.25, -0.2) is 4.98 Å². The molecule has 3 aromatic heterocycles. The van der Waals surface area contributed by atoms with E-state index < -0.39 is 0 Å². The van der Waals surface area contributed by atoms with Gasteiger partial charge in [0.05, 0.1) is 22.6 Å². The van der Waals surface area contributed by atoms with Gasteiger partial charge in [-0.15, -0.1) is 21.5 Å². The maximum atomic E-state index is 4.69. The molecule has 6 nitrogen and oxygen atoms in total. The number of benzene rings is 1. The number of tetrazole rings is 1. The maximum Gasteiger partial charge on any atom is 0.176 e. The van der Waals surface area contributed by atoms with Gasteiger partial charge in [-0.3, -0.25) is 0 Å². The Kier molecular flexibility index (Phi) is 3.92. The smallest absolute Gasteiger partial charge is 0.176 e. The number of thiophene rings is 1. The summed E-state index contributed by atoms with van der Waals surface area (Å²) in [4.78, 5) is 5.94. The van der Waals surface area contributed by atoms with E-state index >= 15 is 0 Å². The van der Waals surface area contributed by atoms with Crippen molar-refractivity contribution in [2.45, 2.75) is 19.9 Å². The van der Waals surface area contributed by atoms with Crippen molar-refractivity contribution in [2.75, 3.05) is 0 Å². The third kappa shape index (κ3) is 2.74. The van der Waals surface area contributed by atoms with Crippen molar-refractivity contribution in [1.29, 1.82) is 0 Å². The van der Waals surface area contributed by atoms with E-state index in [0.717, 1.165) is 23.5 Å². The van der Waals surface area contributed by atoms with E-state index in [4.69, 9.17) is 0 Å². The van der Waals surface area contributed by atoms with Crippen LogP contribution in [0.1, 0.15) is 11.4 Å². The number of nitrogens with zero attached hydrogens (tertiary/aromatic N) is 5. The number of aromatic nitrogens is 6. The van der Waals surface area contributed by atoms with Gasteiger partial charge in [0, 0.05) is 18.5 Å². The molecule has 0 unspecified atom stereocenters. The van der Waals surface area contributed by atoms with Gasteiger partial charge in [-0.2, -0.15) is 5.21 Å². The number of aromatic amines is 1. The number of rotatable bonds is 5. The van der Waals surface area contributed by atoms with Crippen LogP contribution in [0, 0.1) is 6.92 Å². The molecular formula is C17H16N6S. The number of hydrogen-bond acceptors (Lipinski definition) is 5. The van der Waals surface area contributed by atoms with Crippen molar-refractivity contribution in [2.24, 2.45) is 0 Å². The maximum absolute atomic E-state index is 4.69. The van der Waals surface area contributed by atoms with E-state index in [-0.39, 0.29) is 0 Å². The van der Waals surface area contributed by atoms with Crippen LogP contribution in [-0.4, -0.2) is 30.2 Å². The minimum absolute atomic E-state index is 0.707. The van der Waals surface area contributed by atoms with Crippen LogP contribution >= 0.6 is 11.3 Å². The molecular weight excluding hydrogens is 320 g/mol. The van der Waals surface area contributed by atoms with Gasteiger partial charge in [-0.1, -0.05) is 35.5 Å². The fourth-order valence-electron chi connectivity index (χ4n) is 2.72. The topological polar surface area (TPSA) is 72.3 Å². The minimum Gasteiger partial charge on any atom is -0.329 e. The third-order valence-corrected chi connectivity index (χ3v) is 4.95. The number of hydrogen-bond donors (Lipinski definition) is 1. The van der Waals surface area contributed by atoms with E-state index in [9.17, 15) is 0 Å². The standard InChI is InChI=1S/C17H16N6S/c1-12-8-10-24-17(12)16-15(13-5-3-2-4-6-13)18-11-23(16)9-7-14-19-21-22-20-14/h2-6,8,10-11H,7,9H2,1H3,(H,19,20,21,22). The predicted octanol–water partition coefficient (Wildman–Crippen LogP) is 3.34. The van der Waals surface area contributed by atoms with Gasteiger partial charge in [-0.05, 0) is 23.9 Å². The molecule has 0 aliphatic carbocycles. The van der Waals surface area contributed by atoms with Crippen LogP contribution in [0.4, 0.5) is 0 Å². The van der Waals surface area contributed by atoms with Gasteiger partial charge in [0.25, 0.3) is 0 Å². The Balaban J connectivity index is 1.77. The zero-order valence-electron chi connectivity index (χ0n) is 13.2. The summed E-state index contributed by atoms with van der Waals surface area (Å²) < 4.78 is 2.18. The Morgan fingerprint density at radius 3 is 2.75 bits per heavy atom. The molecule has 4 rings (SSSR count). The Labute approximate surface area is 143 Å². The zero-order chi connectivity index (χ0) is 16.4. The van der Waals surface area contributed by atoms with Gasteiger partial charge >= 0.3 is 0 Å². The lowest BCUT2D eigenvalue weighted by molar-refractivity contribution is 0.677. The summed E-state index contributed by atoms with van der Waals surface area (Å²) >= 11 is 1.74. The molecule has 120 valence electrons. The Bertz CT molecular complexity index is 923. The fraction of sp³-hybridized carbons (Fsp3) is 0.176. The molecule has 0 amide bonds. The van der Waals surface area contributed by atoms with Gasteiger partial charge in [0.1, 0.15) is 0 Å². The second kappa shape index (κ2) is 6.37. The van der Waals surface area contributed by atoms with Crippen LogP contribution in [0.5, 0.6) is 0 Å². The summed E-state index contributed by atoms with van der Waals surface area (Å²) in [6.45, 7) is 2.89. The minimum atomic E-state index is 0.707. The lowest BCUT2D eigenvalue weighted by Crippen LogP contribution is -2.03. The van der Waals surface area contributed by atoms with Gasteiger partial charge < -0.3 is 4.57 Å². The van der Waals surface area contributed by atoms with Crippen LogP contribution in [0.3, 0.4) is 0 Å². The molecule has 0 spiro atoms. The summed E-state index contributed by atoms with van der Waals surface area (Å²) in [7, 11) is 0. The average molecular weight is 336 g/mol. The van der Waals surface area contributed by atoms with E-state index in [1.165, 1.54) is 10.4 Å². The highest BCUT2D eigenvalue weighted by Crippen LogP contribution is 2.36. The number of imidazole rings is 1. The molecule has 0 bridgehead atoms. The molecule has 0 saturated carbocycles. The molecule has 3 heterocycles. The molecule has 24 heavy (non-hydrogen) atoms. The molecule has 0 radical (unpaired) electrons. The fourth-order valence-corrected chi connectivity index (χ4v) is 3.71. The summed E-state index contributed by atoms with van der Waals surface area (Å²) in [6, 6.07) is 12.4. The Morgan fingerprint density at radius 1 is 1.17 bits per heavy atom. The van der Waals surface area contributed by atoms with Gasteiger partial charge in [0.15, 0.2) is 5.82 Å². The highest BCUT2D eigenvalue weighted by atomic mass is 32.1. The Morgan fingerprint density at radius 2 is 2.04 bits per heavy atom. The normalized spacial score (nSPS) is 11.0. The van der Waals surface area contributed by atoms with E-state index in [2.05, 4.69) is 60.7 Å². The number of aryl methyl sites for hydroxylation is 3. The molecule has 1 N–H and O–H groups in total. The van der Waals surface area contributed by atoms with E-state index in [1.54, 1.807) is 11.3 Å². The summed E-state index contributed by atoms with van der Waals surface area (Å²) in [5, 5.41) is 16.3. The first kappa shape index (κ1) is 14.8. The summed E-state index contributed by atoms with van der Waals surface area (Å²) in [6.07, 6.45) is 2.61. The number of H-pyrrole nitrogens is 1. The summed E-state index contributed by atoms with van der Waals surface area (Å²) in [5.74, 6) is 0.707. The van der Waals surface area contributed by atoms with Gasteiger partial charge in [0.2, 0.25) is 0 Å². The van der Waals surface area contributed by atoms with Crippen molar-refractivity contribution < 1.29 is 0 Å². The van der Waals surface area contributed by atoms with Crippen LogP contribution < -0.4 is 0 Å². The lowest BCUT2D eigenvalue weighted by atomic mass is 10.1. The highest BCUT2D eigenvalue weighted by Gasteiger charge is 2.17. The lowest BCUT2D eigenvalue weighted by Gasteiger charge is -2.09. The quantitative estimate of drug-likeness (QED) is 0.607. The molecule has 0 aliphatic rings. The van der Waals surface area contributed by atoms with Crippen LogP contribution in [0.25, 0.3) is 21.8 Å². The molecule has 0 aliphatic heterocycles. The van der Waals surface area contributed by atoms with Crippen LogP contribution in [-0.2, 0) is 13.0 Å². The van der Waals surface area contributed by atoms with Crippen molar-refractivity contribution in [3.05, 3.63) is 59.5 Å². The molecule has 4 aromatic rings. The van der Waals surface area contributed by atoms with E-state index in [0.29, 0.717) is 12.2 Å². The molecule has 0 saturated heterocycles. The molecule has 0 fully saturated rings. The zero-order valence-corrected chi connectivity index (χ0v) is 14.0. The first-order valence-corrected chi connectivity index (χ1v) is 8.58. The number of nitrogens with one attached hydrogen (secondary N) is 1. The second-order valence-corrected chi connectivity index (χ2v) is 6.43. The highest BCUT2D eigenvalue weighted by molar-refractivity contribution is 7.13. The first-order valence-electron chi connectivity index (χ1n) is 7.70. The molecule has 1 aromatic carbocycles. The van der Waals surface area contributed by atoms with Crippen LogP contribution in [0.15, 0.2) is 48.1 Å². The average Bonchev–Trinajstić information content (AvgIpc) is 3.34. The second-order valence-electron chi connectivity index (χ2n) is 5.51. The Hall–Kier alpha value is -2.80. The van der Waals surface area contributed by atoms with Crippen molar-refractivity contribution in [3.8, 4) is 21.8 Å². The van der Waals surface area contributed by atoms with Crippen molar-refractivity contribution in [3.63, 3.8) is 0 Å². The molecule has 0 atom stereocenters. The largest absolute Gasteiger partial charge is 0.329 e. The first-order chi connectivity index (χ1) is 11.8. The summed E-state index contributed by atoms with van der Waals surface area (Å²) in [5.41, 5.74) is 4.54. The van der Waals surface area contributed by atoms with Crippen LogP contribution in [0.2, 0.25) is 0 Å². The molecule has 7 heteroatoms. The predicted molar refractivity (Wildman–Crippen MR) is 93.6 cm³/mol. The third-order valence-electron chi connectivity index (χ3n) is 3.93. The van der Waals surface area contributed by atoms with Crippen molar-refractivity contribution in [1.82, 2.24) is 30.2 Å². The van der Waals surface area contributed by atoms with E-state index in [1.807, 2.05) is 24.5 Å². The van der Waals surface area contributed by atoms with Crippen molar-refractivity contribution >= 4 is 11.3 Å². The SMILES string of the molecule is Cc1ccsc1-c1c(-c2ccccc2)ncn1CCc1nn[nH]n1. The monoisotopic (exact) mass is 336 g/mol.